The Hall–Kier alpha value is -4.81. The number of aliphatic hydroxyl groups excluding tert-OH is 1. The van der Waals surface area contributed by atoms with Gasteiger partial charge in [-0.3, -0.25) is 14.4 Å². The number of primary amides is 1. The smallest absolute Gasteiger partial charge is 0.407 e. The summed E-state index contributed by atoms with van der Waals surface area (Å²) >= 11 is 0. The first-order valence-corrected chi connectivity index (χ1v) is 20.2. The molecule has 0 saturated carbocycles. The Morgan fingerprint density at radius 3 is 2.46 bits per heavy atom. The van der Waals surface area contributed by atoms with Gasteiger partial charge in [-0.2, -0.15) is 0 Å². The van der Waals surface area contributed by atoms with Gasteiger partial charge in [-0.05, 0) is 83.2 Å². The number of aliphatic hydroxyl groups is 1. The summed E-state index contributed by atoms with van der Waals surface area (Å²) in [6, 6.07) is 5.72. The summed E-state index contributed by atoms with van der Waals surface area (Å²) in [6.45, 7) is 9.96. The lowest BCUT2D eigenvalue weighted by Crippen LogP contribution is -2.52. The maximum atomic E-state index is 12.7. The number of amides is 5. The number of hydrogen-bond donors (Lipinski definition) is 7. The lowest BCUT2D eigenvalue weighted by molar-refractivity contribution is -0.143. The highest BCUT2D eigenvalue weighted by molar-refractivity contribution is 5.94. The largest absolute Gasteiger partial charge is 0.459 e. The maximum absolute atomic E-state index is 12.7. The molecule has 8 N–H and O–H groups in total. The molecule has 3 saturated heterocycles. The number of urea groups is 1. The number of benzene rings is 1. The van der Waals surface area contributed by atoms with E-state index in [9.17, 15) is 29.1 Å². The molecule has 0 aromatic heterocycles. The first-order valence-electron chi connectivity index (χ1n) is 20.2. The second-order valence-corrected chi connectivity index (χ2v) is 15.6. The number of allylic oxidation sites excluding steroid dienone is 2. The van der Waals surface area contributed by atoms with Crippen LogP contribution in [-0.4, -0.2) is 116 Å². The number of nitrogens with one attached hydrogen (secondary N) is 5. The van der Waals surface area contributed by atoms with Gasteiger partial charge in [0.15, 0.2) is 0 Å². The van der Waals surface area contributed by atoms with Gasteiger partial charge in [0.25, 0.3) is 0 Å². The number of alkyl carbamates (subject to hydrolysis) is 1. The molecule has 17 nitrogen and oxygen atoms in total. The molecule has 3 fully saturated rings. The van der Waals surface area contributed by atoms with Gasteiger partial charge in [-0.1, -0.05) is 42.9 Å². The van der Waals surface area contributed by atoms with Crippen molar-refractivity contribution in [3.63, 3.8) is 0 Å². The first kappa shape index (κ1) is 46.9. The van der Waals surface area contributed by atoms with Gasteiger partial charge < -0.3 is 61.1 Å². The Morgan fingerprint density at radius 1 is 1.07 bits per heavy atom. The van der Waals surface area contributed by atoms with Crippen LogP contribution in [0.25, 0.3) is 0 Å². The highest BCUT2D eigenvalue weighted by Gasteiger charge is 2.58. The van der Waals surface area contributed by atoms with Gasteiger partial charge in [-0.25, -0.2) is 9.59 Å². The zero-order valence-corrected chi connectivity index (χ0v) is 34.9. The minimum Gasteiger partial charge on any atom is -0.459 e. The zero-order valence-electron chi connectivity index (χ0n) is 34.9. The van der Waals surface area contributed by atoms with E-state index in [4.69, 9.17) is 29.4 Å². The molecule has 5 amide bonds. The number of carbonyl (C=O) groups excluding carboxylic acids is 5. The van der Waals surface area contributed by atoms with E-state index in [1.54, 1.807) is 38.2 Å². The van der Waals surface area contributed by atoms with Gasteiger partial charge >= 0.3 is 18.1 Å². The summed E-state index contributed by atoms with van der Waals surface area (Å²) in [6.07, 6.45) is 8.30. The molecule has 3 heterocycles. The summed E-state index contributed by atoms with van der Waals surface area (Å²) in [4.78, 5) is 59.7. The van der Waals surface area contributed by atoms with Crippen molar-refractivity contribution in [2.24, 2.45) is 11.7 Å². The second kappa shape index (κ2) is 22.5. The van der Waals surface area contributed by atoms with Crippen molar-refractivity contribution >= 4 is 35.6 Å². The number of ether oxygens (including phenoxy) is 5. The van der Waals surface area contributed by atoms with E-state index in [2.05, 4.69) is 39.6 Å². The van der Waals surface area contributed by atoms with Crippen LogP contribution in [0, 0.1) is 5.92 Å². The number of epoxide rings is 1. The second-order valence-electron chi connectivity index (χ2n) is 15.6. The Bertz CT molecular complexity index is 1680. The van der Waals surface area contributed by atoms with Crippen LogP contribution in [0.4, 0.5) is 15.3 Å². The van der Waals surface area contributed by atoms with Crippen LogP contribution < -0.4 is 32.3 Å². The van der Waals surface area contributed by atoms with Crippen molar-refractivity contribution in [1.29, 1.82) is 0 Å². The molecule has 1 aromatic carbocycles. The van der Waals surface area contributed by atoms with Gasteiger partial charge in [-0.15, -0.1) is 0 Å². The molecule has 17 heteroatoms. The third-order valence-corrected chi connectivity index (χ3v) is 10.6. The molecule has 3 aliphatic rings. The summed E-state index contributed by atoms with van der Waals surface area (Å²) in [5, 5.41) is 25.2. The van der Waals surface area contributed by atoms with Gasteiger partial charge in [0.1, 0.15) is 30.5 Å². The summed E-state index contributed by atoms with van der Waals surface area (Å²) in [5.74, 6) is -0.721. The topological polar surface area (TPSA) is 241 Å². The van der Waals surface area contributed by atoms with Crippen LogP contribution in [0.15, 0.2) is 60.2 Å². The third-order valence-electron chi connectivity index (χ3n) is 10.6. The van der Waals surface area contributed by atoms with Crippen molar-refractivity contribution in [1.82, 2.24) is 21.3 Å². The van der Waals surface area contributed by atoms with Crippen molar-refractivity contribution in [3.05, 3.63) is 65.8 Å². The van der Waals surface area contributed by atoms with Crippen LogP contribution in [0.1, 0.15) is 72.3 Å². The lowest BCUT2D eigenvalue weighted by Gasteiger charge is -2.39. The fraction of sp³-hybridized carbons (Fsp3) is 0.595. The molecule has 0 aliphatic carbocycles. The van der Waals surface area contributed by atoms with Crippen LogP contribution in [0.2, 0.25) is 0 Å². The number of anilines is 1. The molecule has 0 bridgehead atoms. The van der Waals surface area contributed by atoms with Crippen molar-refractivity contribution in [2.75, 3.05) is 32.1 Å². The summed E-state index contributed by atoms with van der Waals surface area (Å²) < 4.78 is 28.6. The number of rotatable bonds is 19. The highest BCUT2D eigenvalue weighted by Crippen LogP contribution is 2.42. The summed E-state index contributed by atoms with van der Waals surface area (Å²) in [5.41, 5.74) is 6.62. The standard InChI is InChI=1S/C42H62N6O11/c1-25(9-16-35-26(2)20-34(28(4)58-35)48-37(50)18-11-27(3)57-29(5)49)10-17-36-38(51)42(24-56-42)21-32(59-36)22-46-41(54)55-23-30-12-14-31(15-13-30)47-39(52)33(44-6)8-7-19-45-40(43)53/h9-15,17-18,26-28,32-36,38,44,51H,7-8,16,19-24H2,1-6H3,(H,46,54)(H,47,52)(H,48,50)(H3,43,45,53)/b17-10+,18-11-,25-9+/t26-,27-,28+,32-,33-,34+,35-,36+,38+,42+/m0/s1. The first-order chi connectivity index (χ1) is 28.1. The number of carbonyl (C=O) groups is 5. The quantitative estimate of drug-likeness (QED) is 0.0350. The molecule has 1 spiro atoms. The Labute approximate surface area is 346 Å². The Balaban J connectivity index is 1.19. The van der Waals surface area contributed by atoms with Crippen LogP contribution in [0.3, 0.4) is 0 Å². The highest BCUT2D eigenvalue weighted by atomic mass is 16.6. The van der Waals surface area contributed by atoms with Gasteiger partial charge in [0.2, 0.25) is 11.8 Å². The monoisotopic (exact) mass is 826 g/mol. The Kier molecular flexibility index (Phi) is 17.9. The van der Waals surface area contributed by atoms with E-state index in [0.717, 1.165) is 17.6 Å². The van der Waals surface area contributed by atoms with Gasteiger partial charge in [0, 0.05) is 38.2 Å². The summed E-state index contributed by atoms with van der Waals surface area (Å²) in [7, 11) is 1.69. The van der Waals surface area contributed by atoms with Crippen molar-refractivity contribution in [3.8, 4) is 0 Å². The molecular formula is C42H62N6O11. The number of nitrogens with two attached hydrogens (primary N) is 1. The molecule has 326 valence electrons. The van der Waals surface area contributed by atoms with E-state index in [-0.39, 0.29) is 49.1 Å². The van der Waals surface area contributed by atoms with E-state index < -0.39 is 54.2 Å². The van der Waals surface area contributed by atoms with Crippen LogP contribution in [-0.2, 0) is 44.7 Å². The van der Waals surface area contributed by atoms with E-state index >= 15 is 0 Å². The predicted molar refractivity (Wildman–Crippen MR) is 219 cm³/mol. The SMILES string of the molecule is CN[C@@H](CCCNC(N)=O)C(=O)Nc1ccc(COC(=O)NC[C@@H]2C[C@@]3(CO3)[C@H](O)[C@@H](/C=C/C(C)=C/C[C@@H]3O[C@H](C)[C@H](NC(=O)/C=C\[C@H](C)OC(C)=O)C[C@@H]3C)O2)cc1. The predicted octanol–water partition coefficient (Wildman–Crippen LogP) is 2.87. The third kappa shape index (κ3) is 15.4. The average molecular weight is 827 g/mol. The maximum Gasteiger partial charge on any atom is 0.407 e. The molecule has 3 aliphatic heterocycles. The fourth-order valence-corrected chi connectivity index (χ4v) is 7.12. The minimum atomic E-state index is -0.869. The molecule has 59 heavy (non-hydrogen) atoms. The van der Waals surface area contributed by atoms with E-state index in [0.29, 0.717) is 44.5 Å². The van der Waals surface area contributed by atoms with Crippen LogP contribution in [0.5, 0.6) is 0 Å². The lowest BCUT2D eigenvalue weighted by atomic mass is 9.87. The molecular weight excluding hydrogens is 764 g/mol. The van der Waals surface area contributed by atoms with Crippen molar-refractivity contribution in [2.45, 2.75) is 128 Å². The molecule has 0 radical (unpaired) electrons. The number of hydrogen-bond acceptors (Lipinski definition) is 12. The fourth-order valence-electron chi connectivity index (χ4n) is 7.12. The zero-order chi connectivity index (χ0) is 43.1. The van der Waals surface area contributed by atoms with Crippen LogP contribution >= 0.6 is 0 Å². The molecule has 0 unspecified atom stereocenters. The van der Waals surface area contributed by atoms with Gasteiger partial charge in [0.05, 0.1) is 37.0 Å². The average Bonchev–Trinajstić information content (AvgIpc) is 3.96. The molecule has 10 atom stereocenters. The van der Waals surface area contributed by atoms with E-state index in [1.165, 1.54) is 19.1 Å². The number of likely N-dealkylation sites (N-methyl/N-ethyl adjacent to an activating group) is 1. The normalized spacial score (nSPS) is 27.8. The minimum absolute atomic E-state index is 0.0122. The van der Waals surface area contributed by atoms with E-state index in [1.807, 2.05) is 26.0 Å². The molecule has 1 aromatic rings. The Morgan fingerprint density at radius 2 is 1.80 bits per heavy atom. The van der Waals surface area contributed by atoms with Crippen molar-refractivity contribution < 1.29 is 52.8 Å². The molecule has 4 rings (SSSR count). The number of esters is 1.